The Morgan fingerprint density at radius 2 is 2.06 bits per heavy atom. The van der Waals surface area contributed by atoms with Crippen molar-refractivity contribution in [2.75, 3.05) is 0 Å². The van der Waals surface area contributed by atoms with Gasteiger partial charge >= 0.3 is 0 Å². The van der Waals surface area contributed by atoms with Gasteiger partial charge in [0.25, 0.3) is 0 Å². The molecule has 0 aliphatic heterocycles. The molecule has 0 bridgehead atoms. The molecule has 3 heteroatoms. The number of carbonyl (C=O) groups excluding carboxylic acids is 1. The molecule has 0 amide bonds. The Bertz CT molecular complexity index is 503. The van der Waals surface area contributed by atoms with E-state index < -0.39 is 0 Å². The van der Waals surface area contributed by atoms with Crippen LogP contribution >= 0.6 is 34.2 Å². The number of hydrogen-bond donors (Lipinski definition) is 0. The molecule has 1 aromatic carbocycles. The van der Waals surface area contributed by atoms with Crippen LogP contribution in [0.4, 0.5) is 0 Å². The first kappa shape index (κ1) is 13.1. The minimum Gasteiger partial charge on any atom is -0.294 e. The van der Waals surface area contributed by atoms with Gasteiger partial charge < -0.3 is 0 Å². The van der Waals surface area contributed by atoms with Crippen molar-refractivity contribution in [3.05, 3.63) is 38.4 Å². The van der Waals surface area contributed by atoms with E-state index in [-0.39, 0.29) is 11.2 Å². The van der Waals surface area contributed by atoms with Crippen LogP contribution in [0.15, 0.2) is 24.3 Å². The second-order valence-electron chi connectivity index (χ2n) is 5.21. The second-order valence-corrected chi connectivity index (χ2v) is 6.86. The maximum Gasteiger partial charge on any atom is 0.163 e. The van der Waals surface area contributed by atoms with Gasteiger partial charge in [0.15, 0.2) is 5.78 Å². The average Bonchev–Trinajstić information content (AvgIpc) is 2.21. The monoisotopic (exact) mass is 360 g/mol. The van der Waals surface area contributed by atoms with Crippen LogP contribution in [-0.2, 0) is 4.79 Å². The molecule has 0 radical (unpaired) electrons. The summed E-state index contributed by atoms with van der Waals surface area (Å²) in [6.45, 7) is 4.24. The zero-order valence-electron chi connectivity index (χ0n) is 9.89. The molecule has 0 atom stereocenters. The predicted molar refractivity (Wildman–Crippen MR) is 80.2 cm³/mol. The van der Waals surface area contributed by atoms with Crippen molar-refractivity contribution in [1.29, 1.82) is 0 Å². The number of ketones is 1. The first-order chi connectivity index (χ1) is 7.89. The Hall–Kier alpha value is -0.350. The average molecular weight is 361 g/mol. The number of allylic oxidation sites excluding steroid dienone is 2. The summed E-state index contributed by atoms with van der Waals surface area (Å²) in [5, 5.41) is 0.657. The lowest BCUT2D eigenvalue weighted by Gasteiger charge is -2.27. The van der Waals surface area contributed by atoms with E-state index in [9.17, 15) is 4.79 Å². The van der Waals surface area contributed by atoms with Gasteiger partial charge in [-0.2, -0.15) is 0 Å². The van der Waals surface area contributed by atoms with Gasteiger partial charge in [0.2, 0.25) is 0 Å². The molecule has 1 aliphatic rings. The molecule has 1 aromatic rings. The van der Waals surface area contributed by atoms with E-state index in [1.807, 2.05) is 24.3 Å². The molecule has 90 valence electrons. The summed E-state index contributed by atoms with van der Waals surface area (Å²) in [5.41, 5.74) is 1.74. The van der Waals surface area contributed by atoms with Crippen LogP contribution in [-0.4, -0.2) is 5.78 Å². The standard InChI is InChI=1S/C14H14ClIO/c1-14(2)6-5-10(13(17)8-14)11-7-9(16)3-4-12(11)15/h3-5,7H,6,8H2,1-2H3. The lowest BCUT2D eigenvalue weighted by molar-refractivity contribution is -0.115. The van der Waals surface area contributed by atoms with E-state index in [1.54, 1.807) is 0 Å². The minimum absolute atomic E-state index is 0.0784. The molecular weight excluding hydrogens is 347 g/mol. The summed E-state index contributed by atoms with van der Waals surface area (Å²) in [6, 6.07) is 5.78. The van der Waals surface area contributed by atoms with Gasteiger partial charge in [-0.15, -0.1) is 0 Å². The number of halogens is 2. The maximum atomic E-state index is 12.1. The van der Waals surface area contributed by atoms with Crippen molar-refractivity contribution in [2.24, 2.45) is 5.41 Å². The number of benzene rings is 1. The Kier molecular flexibility index (Phi) is 3.64. The fraction of sp³-hybridized carbons (Fsp3) is 0.357. The summed E-state index contributed by atoms with van der Waals surface area (Å²) < 4.78 is 1.10. The van der Waals surface area contributed by atoms with Gasteiger partial charge in [0.05, 0.1) is 0 Å². The third-order valence-corrected chi connectivity index (χ3v) is 4.02. The highest BCUT2D eigenvalue weighted by Gasteiger charge is 2.29. The summed E-state index contributed by atoms with van der Waals surface area (Å²) in [6.07, 6.45) is 3.56. The highest BCUT2D eigenvalue weighted by molar-refractivity contribution is 14.1. The lowest BCUT2D eigenvalue weighted by atomic mass is 9.76. The van der Waals surface area contributed by atoms with Crippen LogP contribution in [0.2, 0.25) is 5.02 Å². The van der Waals surface area contributed by atoms with E-state index in [0.717, 1.165) is 21.1 Å². The Morgan fingerprint density at radius 1 is 1.35 bits per heavy atom. The van der Waals surface area contributed by atoms with E-state index in [0.29, 0.717) is 11.4 Å². The molecule has 1 aliphatic carbocycles. The van der Waals surface area contributed by atoms with Gasteiger partial charge in [-0.1, -0.05) is 31.5 Å². The normalized spacial score (nSPS) is 19.1. The van der Waals surface area contributed by atoms with Gasteiger partial charge in [0.1, 0.15) is 0 Å². The summed E-state index contributed by atoms with van der Waals surface area (Å²) in [5.74, 6) is 0.199. The quantitative estimate of drug-likeness (QED) is 0.663. The largest absolute Gasteiger partial charge is 0.294 e. The van der Waals surface area contributed by atoms with E-state index in [1.165, 1.54) is 0 Å². The van der Waals surface area contributed by atoms with Crippen molar-refractivity contribution in [1.82, 2.24) is 0 Å². The molecule has 0 saturated heterocycles. The molecule has 0 saturated carbocycles. The zero-order valence-corrected chi connectivity index (χ0v) is 12.8. The lowest BCUT2D eigenvalue weighted by Crippen LogP contribution is -2.22. The first-order valence-corrected chi connectivity index (χ1v) is 7.03. The van der Waals surface area contributed by atoms with Gasteiger partial charge in [-0.05, 0) is 52.6 Å². The summed E-state index contributed by atoms with van der Waals surface area (Å²) >= 11 is 8.40. The second kappa shape index (κ2) is 4.73. The topological polar surface area (TPSA) is 17.1 Å². The third kappa shape index (κ3) is 2.91. The highest BCUT2D eigenvalue weighted by Crippen LogP contribution is 2.37. The van der Waals surface area contributed by atoms with Gasteiger partial charge in [-0.3, -0.25) is 4.79 Å². The fourth-order valence-corrected chi connectivity index (χ4v) is 2.77. The van der Waals surface area contributed by atoms with Crippen molar-refractivity contribution >= 4 is 45.5 Å². The molecule has 0 N–H and O–H groups in total. The smallest absolute Gasteiger partial charge is 0.163 e. The number of rotatable bonds is 1. The third-order valence-electron chi connectivity index (χ3n) is 3.02. The molecule has 0 fully saturated rings. The Balaban J connectivity index is 2.44. The van der Waals surface area contributed by atoms with Crippen molar-refractivity contribution < 1.29 is 4.79 Å². The van der Waals surface area contributed by atoms with Crippen molar-refractivity contribution in [2.45, 2.75) is 26.7 Å². The Morgan fingerprint density at radius 3 is 2.71 bits per heavy atom. The minimum atomic E-state index is 0.0784. The summed E-state index contributed by atoms with van der Waals surface area (Å²) in [7, 11) is 0. The number of Topliss-reactive ketones (excluding diaryl/α,β-unsaturated/α-hetero) is 1. The number of carbonyl (C=O) groups is 1. The van der Waals surface area contributed by atoms with E-state index >= 15 is 0 Å². The molecule has 0 aromatic heterocycles. The molecule has 1 nitrogen and oxygen atoms in total. The Labute approximate surface area is 120 Å². The molecule has 17 heavy (non-hydrogen) atoms. The van der Waals surface area contributed by atoms with Crippen LogP contribution < -0.4 is 0 Å². The van der Waals surface area contributed by atoms with Crippen LogP contribution in [0.1, 0.15) is 32.3 Å². The summed E-state index contributed by atoms with van der Waals surface area (Å²) in [4.78, 5) is 12.1. The van der Waals surface area contributed by atoms with Gasteiger partial charge in [0, 0.05) is 26.2 Å². The van der Waals surface area contributed by atoms with Crippen molar-refractivity contribution in [3.8, 4) is 0 Å². The zero-order chi connectivity index (χ0) is 12.6. The van der Waals surface area contributed by atoms with Crippen LogP contribution in [0.25, 0.3) is 5.57 Å². The molecule has 0 unspecified atom stereocenters. The fourth-order valence-electron chi connectivity index (χ4n) is 2.06. The molecule has 2 rings (SSSR count). The highest BCUT2D eigenvalue weighted by atomic mass is 127. The molecular formula is C14H14ClIO. The first-order valence-electron chi connectivity index (χ1n) is 5.58. The molecule has 0 heterocycles. The van der Waals surface area contributed by atoms with E-state index in [2.05, 4.69) is 36.4 Å². The predicted octanol–water partition coefficient (Wildman–Crippen LogP) is 4.72. The SMILES string of the molecule is CC1(C)CC=C(c2cc(I)ccc2Cl)C(=O)C1. The van der Waals surface area contributed by atoms with Crippen molar-refractivity contribution in [3.63, 3.8) is 0 Å². The maximum absolute atomic E-state index is 12.1. The van der Waals surface area contributed by atoms with E-state index in [4.69, 9.17) is 11.6 Å². The molecule has 0 spiro atoms. The van der Waals surface area contributed by atoms with Crippen LogP contribution in [0.3, 0.4) is 0 Å². The van der Waals surface area contributed by atoms with Crippen LogP contribution in [0.5, 0.6) is 0 Å². The number of hydrogen-bond acceptors (Lipinski definition) is 1. The van der Waals surface area contributed by atoms with Gasteiger partial charge in [-0.25, -0.2) is 0 Å². The van der Waals surface area contributed by atoms with Crippen LogP contribution in [0, 0.1) is 8.99 Å².